The average Bonchev–Trinajstić information content (AvgIpc) is 2.50. The van der Waals surface area contributed by atoms with Crippen LogP contribution in [0.15, 0.2) is 29.2 Å². The zero-order valence-corrected chi connectivity index (χ0v) is 12.3. The van der Waals surface area contributed by atoms with E-state index in [2.05, 4.69) is 10.1 Å². The Morgan fingerprint density at radius 2 is 1.91 bits per heavy atom. The topological polar surface area (TPSA) is 145 Å². The molecule has 0 saturated heterocycles. The van der Waals surface area contributed by atoms with Crippen LogP contribution in [0.2, 0.25) is 0 Å². The quantitative estimate of drug-likeness (QED) is 0.376. The fraction of sp³-hybridized carbons (Fsp3) is 0.273. The minimum absolute atomic E-state index is 0.414. The van der Waals surface area contributed by atoms with Crippen LogP contribution in [-0.2, 0) is 24.3 Å². The summed E-state index contributed by atoms with van der Waals surface area (Å²) in [7, 11) is -3.11. The van der Waals surface area contributed by atoms with Crippen molar-refractivity contribution in [2.45, 2.75) is 4.90 Å². The van der Waals surface area contributed by atoms with Gasteiger partial charge >= 0.3 is 5.97 Å². The number of nitrogens with one attached hydrogen (secondary N) is 2. The van der Waals surface area contributed by atoms with Gasteiger partial charge in [-0.2, -0.15) is 0 Å². The number of nitro benzene ring substituents is 1. The van der Waals surface area contributed by atoms with E-state index in [4.69, 9.17) is 0 Å². The van der Waals surface area contributed by atoms with Crippen molar-refractivity contribution in [1.82, 2.24) is 10.0 Å². The summed E-state index contributed by atoms with van der Waals surface area (Å²) in [5, 5.41) is 12.9. The second kappa shape index (κ2) is 7.47. The predicted octanol–water partition coefficient (Wildman–Crippen LogP) is -0.838. The zero-order chi connectivity index (χ0) is 16.8. The standard InChI is InChI=1S/C11H13N3O7S/c1-21-11(16)7-12-10(15)6-13-22(19,20)9-5-3-2-4-8(9)14(17)18/h2-5,13H,6-7H2,1H3,(H,12,15). The summed E-state index contributed by atoms with van der Waals surface area (Å²) in [5.74, 6) is -1.48. The largest absolute Gasteiger partial charge is 0.468 e. The van der Waals surface area contributed by atoms with Gasteiger partial charge in [0.25, 0.3) is 5.69 Å². The third-order valence-electron chi connectivity index (χ3n) is 2.43. The van der Waals surface area contributed by atoms with Crippen molar-refractivity contribution >= 4 is 27.6 Å². The van der Waals surface area contributed by atoms with Crippen LogP contribution in [0.5, 0.6) is 0 Å². The van der Waals surface area contributed by atoms with Gasteiger partial charge in [0.15, 0.2) is 4.90 Å². The molecule has 120 valence electrons. The van der Waals surface area contributed by atoms with Crippen LogP contribution in [0.25, 0.3) is 0 Å². The van der Waals surface area contributed by atoms with E-state index in [0.29, 0.717) is 0 Å². The number of carbonyl (C=O) groups excluding carboxylic acids is 2. The highest BCUT2D eigenvalue weighted by Gasteiger charge is 2.25. The lowest BCUT2D eigenvalue weighted by atomic mass is 10.3. The number of nitrogens with zero attached hydrogens (tertiary/aromatic N) is 1. The lowest BCUT2D eigenvalue weighted by Gasteiger charge is -2.07. The molecule has 1 aromatic rings. The van der Waals surface area contributed by atoms with E-state index in [9.17, 15) is 28.1 Å². The van der Waals surface area contributed by atoms with Gasteiger partial charge in [-0.3, -0.25) is 19.7 Å². The van der Waals surface area contributed by atoms with Crippen LogP contribution in [0.3, 0.4) is 0 Å². The number of amides is 1. The summed E-state index contributed by atoms with van der Waals surface area (Å²) in [6, 6.07) is 4.72. The van der Waals surface area contributed by atoms with E-state index in [-0.39, 0.29) is 0 Å². The van der Waals surface area contributed by atoms with Crippen molar-refractivity contribution in [2.24, 2.45) is 0 Å². The van der Waals surface area contributed by atoms with Gasteiger partial charge in [0, 0.05) is 6.07 Å². The molecule has 0 saturated carbocycles. The van der Waals surface area contributed by atoms with Crippen LogP contribution >= 0.6 is 0 Å². The van der Waals surface area contributed by atoms with Gasteiger partial charge in [-0.25, -0.2) is 13.1 Å². The molecule has 0 aliphatic rings. The first-order valence-electron chi connectivity index (χ1n) is 5.84. The van der Waals surface area contributed by atoms with Gasteiger partial charge in [0.05, 0.1) is 18.6 Å². The molecule has 1 aromatic carbocycles. The van der Waals surface area contributed by atoms with E-state index in [1.807, 2.05) is 4.72 Å². The second-order valence-electron chi connectivity index (χ2n) is 3.90. The molecule has 0 fully saturated rings. The Balaban J connectivity index is 2.75. The summed E-state index contributed by atoms with van der Waals surface area (Å²) in [4.78, 5) is 31.6. The first-order chi connectivity index (χ1) is 10.3. The molecule has 0 bridgehead atoms. The second-order valence-corrected chi connectivity index (χ2v) is 5.64. The Morgan fingerprint density at radius 1 is 1.27 bits per heavy atom. The summed E-state index contributed by atoms with van der Waals surface area (Å²) in [6.45, 7) is -1.09. The Kier molecular flexibility index (Phi) is 5.95. The average molecular weight is 331 g/mol. The normalized spacial score (nSPS) is 10.8. The highest BCUT2D eigenvalue weighted by atomic mass is 32.2. The summed E-state index contributed by atoms with van der Waals surface area (Å²) in [6.07, 6.45) is 0. The zero-order valence-electron chi connectivity index (χ0n) is 11.4. The molecule has 22 heavy (non-hydrogen) atoms. The Labute approximate surface area is 125 Å². The molecule has 0 heterocycles. The van der Waals surface area contributed by atoms with Gasteiger partial charge in [-0.1, -0.05) is 12.1 Å². The number of nitro groups is 1. The molecule has 11 heteroatoms. The molecule has 0 aromatic heterocycles. The fourth-order valence-corrected chi connectivity index (χ4v) is 2.53. The van der Waals surface area contributed by atoms with E-state index in [0.717, 1.165) is 19.2 Å². The van der Waals surface area contributed by atoms with Crippen molar-refractivity contribution in [1.29, 1.82) is 0 Å². The van der Waals surface area contributed by atoms with Crippen molar-refractivity contribution in [3.63, 3.8) is 0 Å². The maximum absolute atomic E-state index is 12.0. The number of carbonyl (C=O) groups is 2. The molecule has 0 radical (unpaired) electrons. The molecule has 0 aliphatic heterocycles. The van der Waals surface area contributed by atoms with Gasteiger partial charge in [-0.05, 0) is 6.07 Å². The third-order valence-corrected chi connectivity index (χ3v) is 3.88. The molecule has 0 aliphatic carbocycles. The predicted molar refractivity (Wildman–Crippen MR) is 73.3 cm³/mol. The van der Waals surface area contributed by atoms with Crippen LogP contribution in [0.4, 0.5) is 5.69 Å². The van der Waals surface area contributed by atoms with Gasteiger partial charge in [0.2, 0.25) is 15.9 Å². The summed E-state index contributed by atoms with van der Waals surface area (Å²) < 4.78 is 30.1. The maximum Gasteiger partial charge on any atom is 0.325 e. The van der Waals surface area contributed by atoms with Crippen molar-refractivity contribution < 1.29 is 27.7 Å². The number of benzene rings is 1. The van der Waals surface area contributed by atoms with E-state index in [1.54, 1.807) is 0 Å². The van der Waals surface area contributed by atoms with Crippen molar-refractivity contribution in [2.75, 3.05) is 20.2 Å². The first kappa shape index (κ1) is 17.5. The summed E-state index contributed by atoms with van der Waals surface area (Å²) in [5.41, 5.74) is -0.607. The van der Waals surface area contributed by atoms with E-state index in [1.165, 1.54) is 12.1 Å². The van der Waals surface area contributed by atoms with Crippen LogP contribution < -0.4 is 10.0 Å². The highest BCUT2D eigenvalue weighted by Crippen LogP contribution is 2.22. The SMILES string of the molecule is COC(=O)CNC(=O)CNS(=O)(=O)c1ccccc1[N+](=O)[O-]. The van der Waals surface area contributed by atoms with Gasteiger partial charge in [-0.15, -0.1) is 0 Å². The van der Waals surface area contributed by atoms with Crippen LogP contribution in [-0.4, -0.2) is 45.4 Å². The number of rotatable bonds is 7. The highest BCUT2D eigenvalue weighted by molar-refractivity contribution is 7.89. The minimum atomic E-state index is -4.24. The van der Waals surface area contributed by atoms with E-state index < -0.39 is 50.5 Å². The van der Waals surface area contributed by atoms with Crippen molar-refractivity contribution in [3.8, 4) is 0 Å². The number of para-hydroxylation sites is 1. The number of hydrogen-bond acceptors (Lipinski definition) is 7. The van der Waals surface area contributed by atoms with Crippen LogP contribution in [0, 0.1) is 10.1 Å². The monoisotopic (exact) mass is 331 g/mol. The Morgan fingerprint density at radius 3 is 2.50 bits per heavy atom. The molecule has 0 spiro atoms. The number of ether oxygens (including phenoxy) is 1. The number of methoxy groups -OCH3 is 1. The third kappa shape index (κ3) is 4.79. The maximum atomic E-state index is 12.0. The molecular weight excluding hydrogens is 318 g/mol. The molecule has 2 N–H and O–H groups in total. The van der Waals surface area contributed by atoms with Crippen molar-refractivity contribution in [3.05, 3.63) is 34.4 Å². The van der Waals surface area contributed by atoms with E-state index >= 15 is 0 Å². The lowest BCUT2D eigenvalue weighted by molar-refractivity contribution is -0.387. The van der Waals surface area contributed by atoms with Gasteiger partial charge in [0.1, 0.15) is 6.54 Å². The molecular formula is C11H13N3O7S. The Hall–Kier alpha value is -2.53. The molecule has 1 rings (SSSR count). The molecule has 1 amide bonds. The molecule has 0 unspecified atom stereocenters. The number of sulfonamides is 1. The minimum Gasteiger partial charge on any atom is -0.468 e. The number of esters is 1. The number of hydrogen-bond donors (Lipinski definition) is 2. The first-order valence-corrected chi connectivity index (χ1v) is 7.33. The van der Waals surface area contributed by atoms with Crippen LogP contribution in [0.1, 0.15) is 0 Å². The Bertz CT molecular complexity index is 687. The fourth-order valence-electron chi connectivity index (χ4n) is 1.38. The molecule has 0 atom stereocenters. The summed E-state index contributed by atoms with van der Waals surface area (Å²) >= 11 is 0. The smallest absolute Gasteiger partial charge is 0.325 e. The molecule has 10 nitrogen and oxygen atoms in total. The van der Waals surface area contributed by atoms with Gasteiger partial charge < -0.3 is 10.1 Å². The lowest BCUT2D eigenvalue weighted by Crippen LogP contribution is -2.39.